The van der Waals surface area contributed by atoms with E-state index in [4.69, 9.17) is 4.74 Å². The van der Waals surface area contributed by atoms with Crippen LogP contribution in [0.5, 0.6) is 17.2 Å². The van der Waals surface area contributed by atoms with Gasteiger partial charge in [-0.1, -0.05) is 0 Å². The minimum Gasteiger partial charge on any atom is -0.504 e. The van der Waals surface area contributed by atoms with Gasteiger partial charge in [-0.3, -0.25) is 4.90 Å². The summed E-state index contributed by atoms with van der Waals surface area (Å²) in [5.74, 6) is -0.0415. The first kappa shape index (κ1) is 20.1. The van der Waals surface area contributed by atoms with E-state index < -0.39 is 12.7 Å². The van der Waals surface area contributed by atoms with Crippen LogP contribution in [0.2, 0.25) is 0 Å². The molecule has 30 heavy (non-hydrogen) atoms. The molecule has 1 saturated heterocycles. The molecule has 160 valence electrons. The van der Waals surface area contributed by atoms with E-state index in [0.29, 0.717) is 43.1 Å². The summed E-state index contributed by atoms with van der Waals surface area (Å²) in [4.78, 5) is 11.2. The highest BCUT2D eigenvalue weighted by molar-refractivity contribution is 5.83. The number of halogens is 3. The van der Waals surface area contributed by atoms with Crippen molar-refractivity contribution in [3.63, 3.8) is 0 Å². The number of alkyl halides is 3. The van der Waals surface area contributed by atoms with E-state index in [9.17, 15) is 23.4 Å². The summed E-state index contributed by atoms with van der Waals surface area (Å²) in [6.45, 7) is 0.820. The van der Waals surface area contributed by atoms with E-state index in [0.717, 1.165) is 11.2 Å². The number of anilines is 1. The highest BCUT2D eigenvalue weighted by atomic mass is 19.4. The van der Waals surface area contributed by atoms with Crippen molar-refractivity contribution in [3.05, 3.63) is 30.3 Å². The van der Waals surface area contributed by atoms with Crippen molar-refractivity contribution in [2.45, 2.75) is 6.18 Å². The van der Waals surface area contributed by atoms with Gasteiger partial charge >= 0.3 is 6.18 Å². The van der Waals surface area contributed by atoms with E-state index in [-0.39, 0.29) is 17.2 Å². The summed E-state index contributed by atoms with van der Waals surface area (Å²) >= 11 is 0. The number of ether oxygens (including phenoxy) is 1. The molecule has 2 heterocycles. The number of rotatable bonds is 4. The summed E-state index contributed by atoms with van der Waals surface area (Å²) < 4.78 is 42.8. The Hall–Kier alpha value is -3.14. The smallest absolute Gasteiger partial charge is 0.401 e. The average molecular weight is 422 g/mol. The number of hydrogen-bond acceptors (Lipinski definition) is 6. The van der Waals surface area contributed by atoms with Gasteiger partial charge in [0.2, 0.25) is 5.75 Å². The second-order valence-electron chi connectivity index (χ2n) is 7.21. The number of aromatic hydroxyl groups is 2. The van der Waals surface area contributed by atoms with Crippen molar-refractivity contribution >= 4 is 16.7 Å². The Morgan fingerprint density at radius 2 is 1.83 bits per heavy atom. The van der Waals surface area contributed by atoms with E-state index in [1.54, 1.807) is 6.07 Å². The van der Waals surface area contributed by atoms with Crippen LogP contribution in [0, 0.1) is 0 Å². The monoisotopic (exact) mass is 422 g/mol. The fraction of sp³-hybridized carbons (Fsp3) is 0.350. The molecule has 4 rings (SSSR count). The van der Waals surface area contributed by atoms with E-state index in [1.165, 1.54) is 18.1 Å². The van der Waals surface area contributed by atoms with Crippen LogP contribution in [0.1, 0.15) is 0 Å². The fourth-order valence-corrected chi connectivity index (χ4v) is 3.63. The van der Waals surface area contributed by atoms with Gasteiger partial charge in [0.05, 0.1) is 24.7 Å². The molecule has 0 unspecified atom stereocenters. The first-order chi connectivity index (χ1) is 14.2. The van der Waals surface area contributed by atoms with Crippen LogP contribution in [0.4, 0.5) is 18.9 Å². The number of H-pyrrole nitrogens is 1. The zero-order chi connectivity index (χ0) is 21.5. The summed E-state index contributed by atoms with van der Waals surface area (Å²) in [6.07, 6.45) is -4.18. The number of piperazine rings is 1. The zero-order valence-corrected chi connectivity index (χ0v) is 16.2. The molecule has 0 radical (unpaired) electrons. The molecule has 3 aromatic rings. The first-order valence-corrected chi connectivity index (χ1v) is 9.37. The third-order valence-corrected chi connectivity index (χ3v) is 5.15. The lowest BCUT2D eigenvalue weighted by Gasteiger charge is -2.36. The summed E-state index contributed by atoms with van der Waals surface area (Å²) in [5.41, 5.74) is 2.90. The number of imidazole rings is 1. The minimum atomic E-state index is -4.18. The van der Waals surface area contributed by atoms with Crippen molar-refractivity contribution in [2.24, 2.45) is 0 Å². The second kappa shape index (κ2) is 7.60. The molecule has 0 amide bonds. The van der Waals surface area contributed by atoms with Gasteiger partial charge in [-0.15, -0.1) is 0 Å². The zero-order valence-electron chi connectivity index (χ0n) is 16.2. The number of phenols is 2. The predicted molar refractivity (Wildman–Crippen MR) is 106 cm³/mol. The molecule has 0 spiro atoms. The second-order valence-corrected chi connectivity index (χ2v) is 7.21. The van der Waals surface area contributed by atoms with Gasteiger partial charge in [0.25, 0.3) is 0 Å². The SMILES string of the molecule is COc1cc(-c2nc3ccc(N4CCN(CC(F)(F)F)CC4)cc3[nH]2)cc(O)c1O. The molecule has 3 N–H and O–H groups in total. The minimum absolute atomic E-state index is 0.128. The molecule has 0 atom stereocenters. The van der Waals surface area contributed by atoms with Crippen molar-refractivity contribution in [2.75, 3.05) is 44.7 Å². The molecular formula is C20H21F3N4O3. The van der Waals surface area contributed by atoms with Gasteiger partial charge in [0.1, 0.15) is 5.82 Å². The molecule has 1 aliphatic heterocycles. The number of nitrogens with one attached hydrogen (secondary N) is 1. The molecule has 1 aliphatic rings. The Kier molecular flexibility index (Phi) is 5.10. The molecule has 7 nitrogen and oxygen atoms in total. The van der Waals surface area contributed by atoms with Crippen molar-refractivity contribution < 1.29 is 28.1 Å². The Balaban J connectivity index is 1.55. The Morgan fingerprint density at radius 3 is 2.50 bits per heavy atom. The van der Waals surface area contributed by atoms with Crippen molar-refractivity contribution in [1.82, 2.24) is 14.9 Å². The molecule has 1 fully saturated rings. The first-order valence-electron chi connectivity index (χ1n) is 9.37. The summed E-state index contributed by atoms with van der Waals surface area (Å²) in [6, 6.07) is 8.58. The van der Waals surface area contributed by atoms with Crippen molar-refractivity contribution in [3.8, 4) is 28.6 Å². The topological polar surface area (TPSA) is 84.9 Å². The van der Waals surface area contributed by atoms with Gasteiger partial charge in [-0.2, -0.15) is 13.2 Å². The van der Waals surface area contributed by atoms with Crippen LogP contribution >= 0.6 is 0 Å². The third kappa shape index (κ3) is 4.09. The normalized spacial score (nSPS) is 15.7. The van der Waals surface area contributed by atoms with Crippen LogP contribution in [-0.4, -0.2) is 71.1 Å². The van der Waals surface area contributed by atoms with E-state index in [1.807, 2.05) is 23.1 Å². The Bertz CT molecular complexity index is 1060. The van der Waals surface area contributed by atoms with Gasteiger partial charge in [-0.25, -0.2) is 4.98 Å². The van der Waals surface area contributed by atoms with E-state index >= 15 is 0 Å². The summed E-state index contributed by atoms with van der Waals surface area (Å²) in [7, 11) is 1.39. The van der Waals surface area contributed by atoms with Gasteiger partial charge < -0.3 is 24.8 Å². The number of nitrogens with zero attached hydrogens (tertiary/aromatic N) is 3. The van der Waals surface area contributed by atoms with Crippen LogP contribution in [0.15, 0.2) is 30.3 Å². The van der Waals surface area contributed by atoms with Crippen LogP contribution in [0.25, 0.3) is 22.4 Å². The molecule has 10 heteroatoms. The number of hydrogen-bond donors (Lipinski definition) is 3. The molecular weight excluding hydrogens is 401 g/mol. The number of methoxy groups -OCH3 is 1. The number of benzene rings is 2. The number of aromatic amines is 1. The quantitative estimate of drug-likeness (QED) is 0.560. The number of aromatic nitrogens is 2. The fourth-order valence-electron chi connectivity index (χ4n) is 3.63. The molecule has 0 saturated carbocycles. The van der Waals surface area contributed by atoms with E-state index in [2.05, 4.69) is 9.97 Å². The average Bonchev–Trinajstić information content (AvgIpc) is 3.12. The molecule has 2 aromatic carbocycles. The maximum atomic E-state index is 12.6. The Labute approximate surface area is 170 Å². The van der Waals surface area contributed by atoms with Gasteiger partial charge in [-0.05, 0) is 30.3 Å². The van der Waals surface area contributed by atoms with Crippen LogP contribution in [0.3, 0.4) is 0 Å². The van der Waals surface area contributed by atoms with Crippen molar-refractivity contribution in [1.29, 1.82) is 0 Å². The highest BCUT2D eigenvalue weighted by Crippen LogP contribution is 2.39. The van der Waals surface area contributed by atoms with Gasteiger partial charge in [0.15, 0.2) is 11.5 Å². The predicted octanol–water partition coefficient (Wildman–Crippen LogP) is 3.33. The molecule has 0 aliphatic carbocycles. The van der Waals surface area contributed by atoms with Gasteiger partial charge in [0, 0.05) is 37.4 Å². The van der Waals surface area contributed by atoms with Crippen LogP contribution < -0.4 is 9.64 Å². The lowest BCUT2D eigenvalue weighted by molar-refractivity contribution is -0.146. The Morgan fingerprint density at radius 1 is 1.10 bits per heavy atom. The molecule has 1 aromatic heterocycles. The highest BCUT2D eigenvalue weighted by Gasteiger charge is 2.32. The number of phenolic OH excluding ortho intramolecular Hbond substituents is 2. The standard InChI is InChI=1S/C20H21F3N4O3/c1-30-17-9-12(8-16(28)18(17)29)19-24-14-3-2-13(10-15(14)25-19)27-6-4-26(5-7-27)11-20(21,22)23/h2-3,8-10,28-29H,4-7,11H2,1H3,(H,24,25). The lowest BCUT2D eigenvalue weighted by atomic mass is 10.1. The summed E-state index contributed by atoms with van der Waals surface area (Å²) in [5, 5.41) is 19.7. The largest absolute Gasteiger partial charge is 0.504 e. The lowest BCUT2D eigenvalue weighted by Crippen LogP contribution is -2.49. The third-order valence-electron chi connectivity index (χ3n) is 5.15. The maximum Gasteiger partial charge on any atom is 0.401 e. The maximum absolute atomic E-state index is 12.6. The number of fused-ring (bicyclic) bond motifs is 1. The molecule has 0 bridgehead atoms. The van der Waals surface area contributed by atoms with Crippen LogP contribution in [-0.2, 0) is 0 Å².